The van der Waals surface area contributed by atoms with E-state index in [1.165, 1.54) is 31.4 Å². The van der Waals surface area contributed by atoms with Crippen LogP contribution >= 0.6 is 11.6 Å². The molecule has 146 valence electrons. The van der Waals surface area contributed by atoms with Gasteiger partial charge in [-0.25, -0.2) is 13.1 Å². The Morgan fingerprint density at radius 3 is 2.33 bits per heavy atom. The number of benzene rings is 2. The Labute approximate surface area is 164 Å². The first-order chi connectivity index (χ1) is 12.8. The lowest BCUT2D eigenvalue weighted by molar-refractivity contribution is 0.0954. The van der Waals surface area contributed by atoms with Gasteiger partial charge in [0, 0.05) is 30.3 Å². The Morgan fingerprint density at radius 2 is 1.74 bits per heavy atom. The van der Waals surface area contributed by atoms with Crippen LogP contribution in [0.2, 0.25) is 5.02 Å². The first-order valence-electron chi connectivity index (χ1n) is 8.46. The molecule has 0 radical (unpaired) electrons. The second-order valence-electron chi connectivity index (χ2n) is 6.13. The van der Waals surface area contributed by atoms with E-state index in [9.17, 15) is 13.2 Å². The fraction of sp³-hybridized carbons (Fsp3) is 0.316. The number of sulfonamides is 1. The van der Waals surface area contributed by atoms with Crippen LogP contribution in [0, 0.1) is 0 Å². The number of hydrogen-bond acceptors (Lipinski definition) is 4. The van der Waals surface area contributed by atoms with Crippen molar-refractivity contribution in [3.63, 3.8) is 0 Å². The molecule has 0 saturated heterocycles. The average Bonchev–Trinajstić information content (AvgIpc) is 2.63. The Hall–Kier alpha value is -1.93. The van der Waals surface area contributed by atoms with E-state index in [1.54, 1.807) is 19.1 Å². The van der Waals surface area contributed by atoms with Gasteiger partial charge in [0.1, 0.15) is 0 Å². The van der Waals surface area contributed by atoms with Crippen molar-refractivity contribution in [3.05, 3.63) is 64.7 Å². The zero-order valence-corrected chi connectivity index (χ0v) is 16.8. The van der Waals surface area contributed by atoms with Crippen LogP contribution in [0.5, 0.6) is 0 Å². The van der Waals surface area contributed by atoms with Gasteiger partial charge < -0.3 is 10.1 Å². The first kappa shape index (κ1) is 21.4. The van der Waals surface area contributed by atoms with Gasteiger partial charge in [0.05, 0.1) is 11.5 Å². The lowest BCUT2D eigenvalue weighted by atomic mass is 10.1. The highest BCUT2D eigenvalue weighted by molar-refractivity contribution is 7.89. The summed E-state index contributed by atoms with van der Waals surface area (Å²) >= 11 is 5.84. The van der Waals surface area contributed by atoms with E-state index >= 15 is 0 Å². The molecule has 0 saturated carbocycles. The van der Waals surface area contributed by atoms with Crippen LogP contribution in [0.4, 0.5) is 0 Å². The standard InChI is InChI=1S/C19H23ClN2O4S/c1-14(13-26-2)22-27(24,25)18-9-5-16(6-10-18)19(23)21-12-11-15-3-7-17(20)8-4-15/h3-10,14,22H,11-13H2,1-2H3,(H,21,23)/t14-/m1/s1. The number of carbonyl (C=O) groups is 1. The second-order valence-corrected chi connectivity index (χ2v) is 8.28. The zero-order valence-electron chi connectivity index (χ0n) is 15.2. The number of methoxy groups -OCH3 is 1. The summed E-state index contributed by atoms with van der Waals surface area (Å²) in [5, 5.41) is 3.49. The minimum Gasteiger partial charge on any atom is -0.383 e. The number of rotatable bonds is 9. The topological polar surface area (TPSA) is 84.5 Å². The summed E-state index contributed by atoms with van der Waals surface area (Å²) < 4.78 is 32.0. The normalized spacial score (nSPS) is 12.6. The summed E-state index contributed by atoms with van der Waals surface area (Å²) in [6, 6.07) is 12.9. The molecular weight excluding hydrogens is 388 g/mol. The lowest BCUT2D eigenvalue weighted by Gasteiger charge is -2.13. The summed E-state index contributed by atoms with van der Waals surface area (Å²) in [5.74, 6) is -0.256. The minimum atomic E-state index is -3.65. The van der Waals surface area contributed by atoms with Crippen LogP contribution < -0.4 is 10.0 Å². The largest absolute Gasteiger partial charge is 0.383 e. The van der Waals surface area contributed by atoms with Crippen molar-refractivity contribution in [1.29, 1.82) is 0 Å². The highest BCUT2D eigenvalue weighted by Crippen LogP contribution is 2.12. The molecule has 1 amide bonds. The lowest BCUT2D eigenvalue weighted by Crippen LogP contribution is -2.35. The number of ether oxygens (including phenoxy) is 1. The third-order valence-corrected chi connectivity index (χ3v) is 5.67. The molecule has 1 atom stereocenters. The molecule has 0 fully saturated rings. The van der Waals surface area contributed by atoms with Crippen LogP contribution in [0.1, 0.15) is 22.8 Å². The van der Waals surface area contributed by atoms with Gasteiger partial charge in [-0.05, 0) is 55.3 Å². The van der Waals surface area contributed by atoms with Gasteiger partial charge in [-0.15, -0.1) is 0 Å². The Kier molecular flexibility index (Phi) is 7.79. The van der Waals surface area contributed by atoms with Crippen LogP contribution in [-0.4, -0.2) is 40.6 Å². The fourth-order valence-corrected chi connectivity index (χ4v) is 3.83. The minimum absolute atomic E-state index is 0.100. The summed E-state index contributed by atoms with van der Waals surface area (Å²) in [4.78, 5) is 12.3. The molecule has 27 heavy (non-hydrogen) atoms. The smallest absolute Gasteiger partial charge is 0.251 e. The molecule has 2 aromatic rings. The van der Waals surface area contributed by atoms with E-state index in [4.69, 9.17) is 16.3 Å². The highest BCUT2D eigenvalue weighted by atomic mass is 35.5. The molecule has 2 aromatic carbocycles. The third kappa shape index (κ3) is 6.62. The molecule has 0 aliphatic carbocycles. The molecule has 6 nitrogen and oxygen atoms in total. The summed E-state index contributed by atoms with van der Waals surface area (Å²) in [6.07, 6.45) is 0.677. The maximum Gasteiger partial charge on any atom is 0.251 e. The van der Waals surface area contributed by atoms with E-state index in [-0.39, 0.29) is 23.5 Å². The maximum atomic E-state index is 12.3. The van der Waals surface area contributed by atoms with Crippen LogP contribution in [-0.2, 0) is 21.2 Å². The van der Waals surface area contributed by atoms with E-state index in [0.29, 0.717) is 23.6 Å². The number of amides is 1. The Bertz CT molecular complexity index is 852. The van der Waals surface area contributed by atoms with Gasteiger partial charge >= 0.3 is 0 Å². The molecule has 0 heterocycles. The molecule has 0 aromatic heterocycles. The van der Waals surface area contributed by atoms with Crippen molar-refractivity contribution in [1.82, 2.24) is 10.0 Å². The third-order valence-electron chi connectivity index (χ3n) is 3.81. The SMILES string of the molecule is COC[C@@H](C)NS(=O)(=O)c1ccc(C(=O)NCCc2ccc(Cl)cc2)cc1. The average molecular weight is 411 g/mol. The predicted molar refractivity (Wildman–Crippen MR) is 106 cm³/mol. The Morgan fingerprint density at radius 1 is 1.11 bits per heavy atom. The van der Waals surface area contributed by atoms with Gasteiger partial charge in [-0.1, -0.05) is 23.7 Å². The molecule has 8 heteroatoms. The summed E-state index contributed by atoms with van der Waals surface area (Å²) in [5.41, 5.74) is 1.47. The van der Waals surface area contributed by atoms with Gasteiger partial charge in [0.25, 0.3) is 5.91 Å². The van der Waals surface area contributed by atoms with Gasteiger partial charge in [0.15, 0.2) is 0 Å². The number of hydrogen-bond donors (Lipinski definition) is 2. The Balaban J connectivity index is 1.91. The van der Waals surface area contributed by atoms with Crippen molar-refractivity contribution >= 4 is 27.5 Å². The number of nitrogens with one attached hydrogen (secondary N) is 2. The number of carbonyl (C=O) groups excluding carboxylic acids is 1. The molecule has 0 unspecified atom stereocenters. The summed E-state index contributed by atoms with van der Waals surface area (Å²) in [7, 11) is -2.15. The zero-order chi connectivity index (χ0) is 19.9. The molecule has 0 aliphatic rings. The maximum absolute atomic E-state index is 12.3. The van der Waals surface area contributed by atoms with Crippen LogP contribution in [0.25, 0.3) is 0 Å². The van der Waals surface area contributed by atoms with E-state index < -0.39 is 10.0 Å². The van der Waals surface area contributed by atoms with E-state index in [0.717, 1.165) is 5.56 Å². The van der Waals surface area contributed by atoms with Crippen molar-refractivity contribution < 1.29 is 17.9 Å². The number of halogens is 1. The fourth-order valence-electron chi connectivity index (χ4n) is 2.48. The summed E-state index contributed by atoms with van der Waals surface area (Å²) in [6.45, 7) is 2.45. The monoisotopic (exact) mass is 410 g/mol. The van der Waals surface area contributed by atoms with Crippen molar-refractivity contribution in [2.45, 2.75) is 24.3 Å². The van der Waals surface area contributed by atoms with Crippen molar-refractivity contribution in [2.75, 3.05) is 20.3 Å². The second kappa shape index (κ2) is 9.85. The predicted octanol–water partition coefficient (Wildman–Crippen LogP) is 2.63. The first-order valence-corrected chi connectivity index (χ1v) is 10.3. The van der Waals surface area contributed by atoms with Gasteiger partial charge in [-0.2, -0.15) is 0 Å². The molecule has 2 N–H and O–H groups in total. The van der Waals surface area contributed by atoms with Crippen LogP contribution in [0.3, 0.4) is 0 Å². The quantitative estimate of drug-likeness (QED) is 0.665. The highest BCUT2D eigenvalue weighted by Gasteiger charge is 2.17. The van der Waals surface area contributed by atoms with Crippen LogP contribution in [0.15, 0.2) is 53.4 Å². The molecule has 0 bridgehead atoms. The van der Waals surface area contributed by atoms with E-state index in [2.05, 4.69) is 10.0 Å². The van der Waals surface area contributed by atoms with Gasteiger partial charge in [0.2, 0.25) is 10.0 Å². The van der Waals surface area contributed by atoms with E-state index in [1.807, 2.05) is 12.1 Å². The van der Waals surface area contributed by atoms with Crippen molar-refractivity contribution in [3.8, 4) is 0 Å². The molecule has 0 aliphatic heterocycles. The molecule has 0 spiro atoms. The van der Waals surface area contributed by atoms with Crippen molar-refractivity contribution in [2.24, 2.45) is 0 Å². The molecule has 2 rings (SSSR count). The molecular formula is C19H23ClN2O4S. The van der Waals surface area contributed by atoms with Gasteiger partial charge in [-0.3, -0.25) is 4.79 Å².